The van der Waals surface area contributed by atoms with Gasteiger partial charge in [-0.05, 0) is 103 Å². The number of halogens is 1. The van der Waals surface area contributed by atoms with Gasteiger partial charge in [0.1, 0.15) is 12.6 Å². The molecule has 3 aromatic rings. The van der Waals surface area contributed by atoms with Crippen molar-refractivity contribution in [1.29, 1.82) is 0 Å². The lowest BCUT2D eigenvalue weighted by molar-refractivity contribution is -0.140. The van der Waals surface area contributed by atoms with E-state index >= 15 is 0 Å². The Balaban J connectivity index is 1.30. The maximum absolute atomic E-state index is 14.4. The molecular weight excluding hydrogens is 642 g/mol. The molecule has 4 aliphatic rings. The minimum Gasteiger partial charge on any atom is -0.354 e. The minimum atomic E-state index is -3.85. The Labute approximate surface area is 291 Å². The summed E-state index contributed by atoms with van der Waals surface area (Å²) in [7, 11) is -3.85. The largest absolute Gasteiger partial charge is 0.354 e. The van der Waals surface area contributed by atoms with E-state index in [1.807, 2.05) is 60.7 Å². The van der Waals surface area contributed by atoms with Crippen LogP contribution in [-0.4, -0.2) is 50.5 Å². The zero-order valence-corrected chi connectivity index (χ0v) is 29.7. The SMILES string of the molecule is CCCCNC(=O)C(Cc1ccccc1)N(Cc1ccccc1Cl)C(=O)CN(c1ccc(C23CC4CC(CC(C4)C2)C3)cc1)S(C)(=O)=O. The molecule has 0 spiro atoms. The van der Waals surface area contributed by atoms with E-state index in [-0.39, 0.29) is 24.3 Å². The van der Waals surface area contributed by atoms with Gasteiger partial charge < -0.3 is 10.2 Å². The van der Waals surface area contributed by atoms with Crippen LogP contribution < -0.4 is 9.62 Å². The van der Waals surface area contributed by atoms with Crippen LogP contribution >= 0.6 is 11.6 Å². The van der Waals surface area contributed by atoms with Crippen molar-refractivity contribution in [2.45, 2.75) is 82.7 Å². The van der Waals surface area contributed by atoms with Crippen LogP contribution in [0.1, 0.15) is 75.0 Å². The van der Waals surface area contributed by atoms with Gasteiger partial charge in [-0.3, -0.25) is 13.9 Å². The molecule has 4 aliphatic carbocycles. The predicted molar refractivity (Wildman–Crippen MR) is 192 cm³/mol. The van der Waals surface area contributed by atoms with Gasteiger partial charge in [-0.15, -0.1) is 0 Å². The van der Waals surface area contributed by atoms with E-state index in [0.29, 0.717) is 22.8 Å². The van der Waals surface area contributed by atoms with Crippen LogP contribution in [0.2, 0.25) is 5.02 Å². The third-order valence-electron chi connectivity index (χ3n) is 10.9. The number of nitrogens with zero attached hydrogens (tertiary/aromatic N) is 2. The monoisotopic (exact) mass is 689 g/mol. The van der Waals surface area contributed by atoms with Crippen molar-refractivity contribution >= 4 is 39.1 Å². The molecule has 48 heavy (non-hydrogen) atoms. The van der Waals surface area contributed by atoms with Gasteiger partial charge in [0, 0.05) is 24.5 Å². The number of hydrogen-bond acceptors (Lipinski definition) is 4. The van der Waals surface area contributed by atoms with Gasteiger partial charge in [-0.25, -0.2) is 8.42 Å². The Hall–Kier alpha value is -3.36. The van der Waals surface area contributed by atoms with E-state index in [1.165, 1.54) is 53.3 Å². The number of benzene rings is 3. The summed E-state index contributed by atoms with van der Waals surface area (Å²) in [6.45, 7) is 2.16. The first-order valence-corrected chi connectivity index (χ1v) is 19.7. The molecular formula is C39H48ClN3O4S. The van der Waals surface area contributed by atoms with Gasteiger partial charge in [0.2, 0.25) is 21.8 Å². The van der Waals surface area contributed by atoms with E-state index in [2.05, 4.69) is 24.4 Å². The molecule has 0 aliphatic heterocycles. The van der Waals surface area contributed by atoms with Gasteiger partial charge >= 0.3 is 0 Å². The van der Waals surface area contributed by atoms with Crippen molar-refractivity contribution in [2.75, 3.05) is 23.7 Å². The van der Waals surface area contributed by atoms with Gasteiger partial charge in [-0.1, -0.05) is 85.6 Å². The third kappa shape index (κ3) is 7.76. The molecule has 1 N–H and O–H groups in total. The normalized spacial score (nSPS) is 23.4. The van der Waals surface area contributed by atoms with E-state index < -0.39 is 28.5 Å². The first kappa shape index (κ1) is 34.5. The molecule has 1 atom stereocenters. The maximum Gasteiger partial charge on any atom is 0.244 e. The lowest BCUT2D eigenvalue weighted by Crippen LogP contribution is -2.53. The van der Waals surface area contributed by atoms with Crippen molar-refractivity contribution in [2.24, 2.45) is 17.8 Å². The summed E-state index contributed by atoms with van der Waals surface area (Å²) in [5, 5.41) is 3.49. The highest BCUT2D eigenvalue weighted by molar-refractivity contribution is 7.92. The summed E-state index contributed by atoms with van der Waals surface area (Å²) in [6.07, 6.45) is 10.8. The molecule has 3 aromatic carbocycles. The number of hydrogen-bond donors (Lipinski definition) is 1. The van der Waals surface area contributed by atoms with Crippen LogP contribution in [0.3, 0.4) is 0 Å². The second-order valence-corrected chi connectivity index (χ2v) is 16.8. The van der Waals surface area contributed by atoms with Gasteiger partial charge in [0.05, 0.1) is 11.9 Å². The maximum atomic E-state index is 14.4. The number of anilines is 1. The molecule has 4 bridgehead atoms. The molecule has 0 heterocycles. The number of carbonyl (C=O) groups is 2. The van der Waals surface area contributed by atoms with Crippen molar-refractivity contribution in [3.63, 3.8) is 0 Å². The summed E-state index contributed by atoms with van der Waals surface area (Å²) in [4.78, 5) is 29.8. The summed E-state index contributed by atoms with van der Waals surface area (Å²) >= 11 is 6.58. The average Bonchev–Trinajstić information content (AvgIpc) is 3.05. The first-order chi connectivity index (χ1) is 23.0. The van der Waals surface area contributed by atoms with Crippen molar-refractivity contribution in [3.05, 3.63) is 101 Å². The van der Waals surface area contributed by atoms with Gasteiger partial charge in [0.15, 0.2) is 0 Å². The van der Waals surface area contributed by atoms with Crippen LogP contribution in [0.4, 0.5) is 5.69 Å². The van der Waals surface area contributed by atoms with Gasteiger partial charge in [-0.2, -0.15) is 0 Å². The fourth-order valence-electron chi connectivity index (χ4n) is 8.93. The number of sulfonamides is 1. The molecule has 0 aromatic heterocycles. The number of amides is 2. The van der Waals surface area contributed by atoms with Crippen molar-refractivity contribution in [3.8, 4) is 0 Å². The topological polar surface area (TPSA) is 86.8 Å². The molecule has 4 fully saturated rings. The molecule has 4 saturated carbocycles. The summed E-state index contributed by atoms with van der Waals surface area (Å²) in [5.74, 6) is 1.64. The number of carbonyl (C=O) groups excluding carboxylic acids is 2. The number of unbranched alkanes of at least 4 members (excludes halogenated alkanes) is 1. The molecule has 1 unspecified atom stereocenters. The second kappa shape index (κ2) is 14.6. The van der Waals surface area contributed by atoms with Crippen LogP contribution in [0.5, 0.6) is 0 Å². The van der Waals surface area contributed by atoms with Crippen LogP contribution in [0, 0.1) is 17.8 Å². The highest BCUT2D eigenvalue weighted by Crippen LogP contribution is 2.60. The second-order valence-electron chi connectivity index (χ2n) is 14.5. The highest BCUT2D eigenvalue weighted by atomic mass is 35.5. The van der Waals surface area contributed by atoms with Crippen LogP contribution in [0.25, 0.3) is 0 Å². The fraction of sp³-hybridized carbons (Fsp3) is 0.487. The highest BCUT2D eigenvalue weighted by Gasteiger charge is 2.51. The van der Waals surface area contributed by atoms with E-state index in [9.17, 15) is 18.0 Å². The molecule has 9 heteroatoms. The molecule has 0 saturated heterocycles. The van der Waals surface area contributed by atoms with Crippen LogP contribution in [-0.2, 0) is 38.0 Å². The Bertz CT molecular complexity index is 1660. The summed E-state index contributed by atoms with van der Waals surface area (Å²) < 4.78 is 27.8. The van der Waals surface area contributed by atoms with E-state index in [1.54, 1.807) is 6.07 Å². The Morgan fingerprint density at radius 3 is 2.08 bits per heavy atom. The Kier molecular flexibility index (Phi) is 10.5. The van der Waals surface area contributed by atoms with Gasteiger partial charge in [0.25, 0.3) is 0 Å². The van der Waals surface area contributed by atoms with Crippen molar-refractivity contribution < 1.29 is 18.0 Å². The first-order valence-electron chi connectivity index (χ1n) is 17.5. The Morgan fingerprint density at radius 2 is 1.50 bits per heavy atom. The van der Waals surface area contributed by atoms with E-state index in [4.69, 9.17) is 11.6 Å². The summed E-state index contributed by atoms with van der Waals surface area (Å²) in [5.41, 5.74) is 3.49. The number of rotatable bonds is 14. The minimum absolute atomic E-state index is 0.0553. The quantitative estimate of drug-likeness (QED) is 0.183. The fourth-order valence-corrected chi connectivity index (χ4v) is 9.97. The molecule has 7 nitrogen and oxygen atoms in total. The molecule has 2 amide bonds. The Morgan fingerprint density at radius 1 is 0.896 bits per heavy atom. The number of nitrogens with one attached hydrogen (secondary N) is 1. The average molecular weight is 690 g/mol. The zero-order valence-electron chi connectivity index (χ0n) is 28.1. The third-order valence-corrected chi connectivity index (χ3v) is 12.4. The van der Waals surface area contributed by atoms with Crippen LogP contribution in [0.15, 0.2) is 78.9 Å². The standard InChI is InChI=1S/C39H48ClN3O4S/c1-3-4-18-41-38(45)36(22-28-10-6-5-7-11-28)42(26-32-12-8-9-13-35(32)40)37(44)27-43(48(2,46)47)34-16-14-33(15-17-34)39-23-29-19-30(24-39)21-31(20-29)25-39/h5-17,29-31,36H,3-4,18-27H2,1-2H3,(H,41,45). The predicted octanol–water partition coefficient (Wildman–Crippen LogP) is 7.13. The molecule has 256 valence electrons. The summed E-state index contributed by atoms with van der Waals surface area (Å²) in [6, 6.07) is 23.8. The van der Waals surface area contributed by atoms with E-state index in [0.717, 1.165) is 42.4 Å². The molecule has 0 radical (unpaired) electrons. The zero-order chi connectivity index (χ0) is 33.9. The molecule has 7 rings (SSSR count). The van der Waals surface area contributed by atoms with Crippen molar-refractivity contribution in [1.82, 2.24) is 10.2 Å². The lowest BCUT2D eigenvalue weighted by Gasteiger charge is -2.57. The lowest BCUT2D eigenvalue weighted by atomic mass is 9.48. The smallest absolute Gasteiger partial charge is 0.244 e.